The lowest BCUT2D eigenvalue weighted by molar-refractivity contribution is 0.102. The maximum Gasteiger partial charge on any atom is 0.272 e. The summed E-state index contributed by atoms with van der Waals surface area (Å²) in [5.74, 6) is 1.43. The van der Waals surface area contributed by atoms with Gasteiger partial charge in [0.1, 0.15) is 18.1 Å². The lowest BCUT2D eigenvalue weighted by atomic mass is 10.3. The molecule has 1 N–H and O–H groups in total. The number of nitrogens with zero attached hydrogens (tertiary/aromatic N) is 2. The van der Waals surface area contributed by atoms with Crippen LogP contribution in [0.5, 0.6) is 11.5 Å². The van der Waals surface area contributed by atoms with Crippen LogP contribution in [0.3, 0.4) is 0 Å². The predicted octanol–water partition coefficient (Wildman–Crippen LogP) is 1.51. The second kappa shape index (κ2) is 4.34. The molecule has 0 bridgehead atoms. The Morgan fingerprint density at radius 3 is 3.11 bits per heavy atom. The number of amides is 1. The van der Waals surface area contributed by atoms with Crippen molar-refractivity contribution in [1.29, 1.82) is 0 Å². The molecule has 1 aliphatic rings. The number of carbonyl (C=O) groups is 1. The van der Waals surface area contributed by atoms with Gasteiger partial charge in [0.25, 0.3) is 5.91 Å². The smallest absolute Gasteiger partial charge is 0.272 e. The van der Waals surface area contributed by atoms with Crippen LogP contribution in [0, 0.1) is 0 Å². The molecular formula is C11H11N3O3S. The summed E-state index contributed by atoms with van der Waals surface area (Å²) in [5, 5.41) is 4.51. The van der Waals surface area contributed by atoms with E-state index in [1.165, 1.54) is 11.3 Å². The maximum absolute atomic E-state index is 12.1. The van der Waals surface area contributed by atoms with E-state index in [0.29, 0.717) is 35.5 Å². The third kappa shape index (κ3) is 1.82. The van der Waals surface area contributed by atoms with Gasteiger partial charge in [-0.1, -0.05) is 0 Å². The van der Waals surface area contributed by atoms with Gasteiger partial charge >= 0.3 is 0 Å². The minimum atomic E-state index is -0.235. The first kappa shape index (κ1) is 11.1. The second-order valence-electron chi connectivity index (χ2n) is 3.77. The summed E-state index contributed by atoms with van der Waals surface area (Å²) >= 11 is 1.30. The Kier molecular flexibility index (Phi) is 2.67. The van der Waals surface area contributed by atoms with Crippen LogP contribution in [0.1, 0.15) is 9.67 Å². The Morgan fingerprint density at radius 1 is 1.50 bits per heavy atom. The highest BCUT2D eigenvalue weighted by Crippen LogP contribution is 2.39. The van der Waals surface area contributed by atoms with Crippen molar-refractivity contribution in [1.82, 2.24) is 9.55 Å². The van der Waals surface area contributed by atoms with E-state index in [1.54, 1.807) is 22.3 Å². The third-order valence-electron chi connectivity index (χ3n) is 2.55. The van der Waals surface area contributed by atoms with Crippen molar-refractivity contribution in [2.45, 2.75) is 0 Å². The Bertz CT molecular complexity index is 590. The average molecular weight is 265 g/mol. The van der Waals surface area contributed by atoms with Crippen molar-refractivity contribution in [2.75, 3.05) is 18.5 Å². The first-order chi connectivity index (χ1) is 8.75. The number of hydrogen-bond acceptors (Lipinski definition) is 5. The van der Waals surface area contributed by atoms with Crippen molar-refractivity contribution < 1.29 is 14.3 Å². The first-order valence-corrected chi connectivity index (χ1v) is 6.29. The monoisotopic (exact) mass is 265 g/mol. The highest BCUT2D eigenvalue weighted by Gasteiger charge is 2.24. The quantitative estimate of drug-likeness (QED) is 0.893. The number of rotatable bonds is 2. The summed E-state index contributed by atoms with van der Waals surface area (Å²) in [6.07, 6.45) is 3.39. The standard InChI is InChI=1S/C11H11N3O3S/c1-14-3-2-12-11(14)13-10(15)9-8-7(6-18-9)16-4-5-17-8/h2-3,6H,4-5H2,1H3,(H,12,13,15). The van der Waals surface area contributed by atoms with Crippen LogP contribution in [0.4, 0.5) is 5.95 Å². The molecule has 1 aliphatic heterocycles. The van der Waals surface area contributed by atoms with E-state index in [2.05, 4.69) is 10.3 Å². The van der Waals surface area contributed by atoms with Crippen molar-refractivity contribution in [2.24, 2.45) is 7.05 Å². The van der Waals surface area contributed by atoms with Gasteiger partial charge in [-0.05, 0) is 0 Å². The fourth-order valence-corrected chi connectivity index (χ4v) is 2.49. The molecule has 18 heavy (non-hydrogen) atoms. The van der Waals surface area contributed by atoms with E-state index in [0.717, 1.165) is 0 Å². The van der Waals surface area contributed by atoms with Gasteiger partial charge < -0.3 is 14.0 Å². The lowest BCUT2D eigenvalue weighted by Crippen LogP contribution is -2.18. The highest BCUT2D eigenvalue weighted by molar-refractivity contribution is 7.13. The molecule has 0 unspecified atom stereocenters. The van der Waals surface area contributed by atoms with Crippen molar-refractivity contribution in [3.63, 3.8) is 0 Å². The fraction of sp³-hybridized carbons (Fsp3) is 0.273. The number of fused-ring (bicyclic) bond motifs is 1. The van der Waals surface area contributed by atoms with Gasteiger partial charge in [-0.15, -0.1) is 11.3 Å². The zero-order chi connectivity index (χ0) is 12.5. The fourth-order valence-electron chi connectivity index (χ4n) is 1.66. The Hall–Kier alpha value is -2.02. The van der Waals surface area contributed by atoms with E-state index in [-0.39, 0.29) is 5.91 Å². The Labute approximate surface area is 107 Å². The molecule has 0 spiro atoms. The van der Waals surface area contributed by atoms with E-state index in [1.807, 2.05) is 7.05 Å². The van der Waals surface area contributed by atoms with Crippen LogP contribution in [-0.2, 0) is 7.05 Å². The number of nitrogens with one attached hydrogen (secondary N) is 1. The largest absolute Gasteiger partial charge is 0.485 e. The maximum atomic E-state index is 12.1. The number of aromatic nitrogens is 2. The number of hydrogen-bond donors (Lipinski definition) is 1. The number of imidazole rings is 1. The number of ether oxygens (including phenoxy) is 2. The zero-order valence-electron chi connectivity index (χ0n) is 9.67. The third-order valence-corrected chi connectivity index (χ3v) is 3.49. The highest BCUT2D eigenvalue weighted by atomic mass is 32.1. The molecule has 2 aromatic rings. The van der Waals surface area contributed by atoms with E-state index in [9.17, 15) is 4.79 Å². The van der Waals surface area contributed by atoms with Gasteiger partial charge in [-0.3, -0.25) is 10.1 Å². The van der Waals surface area contributed by atoms with E-state index >= 15 is 0 Å². The summed E-state index contributed by atoms with van der Waals surface area (Å²) in [6, 6.07) is 0. The van der Waals surface area contributed by atoms with Gasteiger partial charge in [0, 0.05) is 24.8 Å². The molecule has 6 nitrogen and oxygen atoms in total. The topological polar surface area (TPSA) is 65.4 Å². The van der Waals surface area contributed by atoms with Gasteiger partial charge in [0.2, 0.25) is 5.95 Å². The van der Waals surface area contributed by atoms with Crippen LogP contribution in [0.15, 0.2) is 17.8 Å². The van der Waals surface area contributed by atoms with Crippen LogP contribution in [0.25, 0.3) is 0 Å². The number of carbonyl (C=O) groups excluding carboxylic acids is 1. The van der Waals surface area contributed by atoms with Crippen LogP contribution < -0.4 is 14.8 Å². The normalized spacial score (nSPS) is 13.4. The molecule has 94 valence electrons. The number of anilines is 1. The lowest BCUT2D eigenvalue weighted by Gasteiger charge is -2.15. The molecule has 3 rings (SSSR count). The molecule has 0 atom stereocenters. The average Bonchev–Trinajstić information content (AvgIpc) is 2.96. The van der Waals surface area contributed by atoms with E-state index < -0.39 is 0 Å². The SMILES string of the molecule is Cn1ccnc1NC(=O)c1scc2c1OCCO2. The molecule has 0 radical (unpaired) electrons. The minimum Gasteiger partial charge on any atom is -0.485 e. The molecule has 2 aromatic heterocycles. The summed E-state index contributed by atoms with van der Waals surface area (Å²) in [7, 11) is 1.81. The first-order valence-electron chi connectivity index (χ1n) is 5.41. The van der Waals surface area contributed by atoms with Crippen LogP contribution >= 0.6 is 11.3 Å². The second-order valence-corrected chi connectivity index (χ2v) is 4.65. The Balaban J connectivity index is 1.85. The van der Waals surface area contributed by atoms with E-state index in [4.69, 9.17) is 9.47 Å². The zero-order valence-corrected chi connectivity index (χ0v) is 10.5. The van der Waals surface area contributed by atoms with Crippen molar-refractivity contribution in [3.8, 4) is 11.5 Å². The molecule has 1 amide bonds. The number of thiophene rings is 1. The predicted molar refractivity (Wildman–Crippen MR) is 66.5 cm³/mol. The van der Waals surface area contributed by atoms with Crippen LogP contribution in [-0.4, -0.2) is 28.7 Å². The molecule has 0 aliphatic carbocycles. The molecule has 0 aromatic carbocycles. The Morgan fingerprint density at radius 2 is 2.33 bits per heavy atom. The summed E-state index contributed by atoms with van der Waals surface area (Å²) in [6.45, 7) is 0.983. The number of aryl methyl sites for hydroxylation is 1. The van der Waals surface area contributed by atoms with Gasteiger partial charge in [-0.25, -0.2) is 4.98 Å². The minimum absolute atomic E-state index is 0.235. The van der Waals surface area contributed by atoms with Gasteiger partial charge in [-0.2, -0.15) is 0 Å². The summed E-state index contributed by atoms with van der Waals surface area (Å²) in [5.41, 5.74) is 0. The summed E-state index contributed by atoms with van der Waals surface area (Å²) in [4.78, 5) is 16.7. The molecule has 7 heteroatoms. The molecule has 0 saturated carbocycles. The molecule has 0 fully saturated rings. The molecular weight excluding hydrogens is 254 g/mol. The van der Waals surface area contributed by atoms with Crippen molar-refractivity contribution in [3.05, 3.63) is 22.7 Å². The van der Waals surface area contributed by atoms with Gasteiger partial charge in [0.05, 0.1) is 0 Å². The van der Waals surface area contributed by atoms with Gasteiger partial charge in [0.15, 0.2) is 11.5 Å². The van der Waals surface area contributed by atoms with Crippen LogP contribution in [0.2, 0.25) is 0 Å². The molecule has 0 saturated heterocycles. The summed E-state index contributed by atoms with van der Waals surface area (Å²) < 4.78 is 12.6. The molecule has 3 heterocycles. The van der Waals surface area contributed by atoms with Crippen molar-refractivity contribution >= 4 is 23.2 Å².